The van der Waals surface area contributed by atoms with Crippen LogP contribution in [0.4, 0.5) is 0 Å². The number of hydrogen-bond donors (Lipinski definition) is 3. The molecule has 0 aliphatic carbocycles. The van der Waals surface area contributed by atoms with Crippen LogP contribution in [0.5, 0.6) is 0 Å². The summed E-state index contributed by atoms with van der Waals surface area (Å²) in [5.41, 5.74) is 1.98. The third-order valence-corrected chi connectivity index (χ3v) is 1.25. The molecule has 0 heterocycles. The van der Waals surface area contributed by atoms with Crippen molar-refractivity contribution >= 4 is 19.9 Å². The van der Waals surface area contributed by atoms with Crippen LogP contribution >= 0.6 is 7.92 Å². The molecule has 0 fully saturated rings. The van der Waals surface area contributed by atoms with Gasteiger partial charge in [0, 0.05) is 0 Å². The minimum absolute atomic E-state index is 0.514. The summed E-state index contributed by atoms with van der Waals surface area (Å²) in [4.78, 5) is 20.2. The summed E-state index contributed by atoms with van der Waals surface area (Å²) in [5, 5.41) is 18.6. The molecule has 0 saturated heterocycles. The molecule has 0 aromatic carbocycles. The number of carboxylic acids is 2. The van der Waals surface area contributed by atoms with E-state index in [0.717, 1.165) is 0 Å². The van der Waals surface area contributed by atoms with Crippen molar-refractivity contribution < 1.29 is 24.4 Å². The zero-order valence-corrected chi connectivity index (χ0v) is 6.75. The Morgan fingerprint density at radius 1 is 1.50 bits per heavy atom. The van der Waals surface area contributed by atoms with Gasteiger partial charge in [0.1, 0.15) is 0 Å². The van der Waals surface area contributed by atoms with Gasteiger partial charge in [0.2, 0.25) is 0 Å². The van der Waals surface area contributed by atoms with Crippen LogP contribution in [0.1, 0.15) is 0 Å². The summed E-state index contributed by atoms with van der Waals surface area (Å²) in [6.07, 6.45) is 0. The summed E-state index contributed by atoms with van der Waals surface area (Å²) < 4.78 is 9.90. The first-order chi connectivity index (χ1) is 5.57. The number of nitrogens with one attached hydrogen (secondary N) is 1. The van der Waals surface area contributed by atoms with Crippen LogP contribution in [0.25, 0.3) is 0 Å². The molecule has 12 heavy (non-hydrogen) atoms. The number of hydrogen-bond acceptors (Lipinski definition) is 4. The molecular weight excluding hydrogens is 185 g/mol. The van der Waals surface area contributed by atoms with E-state index in [0.29, 0.717) is 0 Å². The van der Waals surface area contributed by atoms with Crippen molar-refractivity contribution in [2.75, 3.05) is 6.54 Å². The van der Waals surface area contributed by atoms with Gasteiger partial charge < -0.3 is 0 Å². The third kappa shape index (κ3) is 4.68. The van der Waals surface area contributed by atoms with E-state index in [1.807, 2.05) is 5.63 Å². The predicted octanol–water partition coefficient (Wildman–Crippen LogP) is -0.635. The van der Waals surface area contributed by atoms with Crippen molar-refractivity contribution in [2.24, 2.45) is 0 Å². The van der Waals surface area contributed by atoms with Gasteiger partial charge in [0.25, 0.3) is 0 Å². The van der Waals surface area contributed by atoms with Gasteiger partial charge in [-0.3, -0.25) is 0 Å². The molecule has 66 valence electrons. The van der Waals surface area contributed by atoms with Gasteiger partial charge in [-0.15, -0.1) is 0 Å². The minimum atomic E-state index is -1.32. The van der Waals surface area contributed by atoms with E-state index < -0.39 is 32.4 Å². The Morgan fingerprint density at radius 2 is 2.08 bits per heavy atom. The zero-order chi connectivity index (χ0) is 9.56. The second kappa shape index (κ2) is 5.55. The average molecular weight is 191 g/mol. The molecule has 0 aromatic heterocycles. The van der Waals surface area contributed by atoms with Crippen molar-refractivity contribution in [3.8, 4) is 5.63 Å². The molecule has 6 nitrogen and oxygen atoms in total. The first-order valence-electron chi connectivity index (χ1n) is 2.83. The Labute approximate surface area is 68.7 Å². The SMILES string of the molecule is O=P#CC(NCC(=O)O)C(=O)O. The van der Waals surface area contributed by atoms with E-state index in [-0.39, 0.29) is 0 Å². The van der Waals surface area contributed by atoms with Crippen LogP contribution in [-0.2, 0) is 14.2 Å². The van der Waals surface area contributed by atoms with Crippen LogP contribution in [0.3, 0.4) is 0 Å². The Bertz CT molecular complexity index is 281. The van der Waals surface area contributed by atoms with E-state index in [2.05, 4.69) is 5.32 Å². The second-order valence-corrected chi connectivity index (χ2v) is 2.21. The van der Waals surface area contributed by atoms with Crippen molar-refractivity contribution in [2.45, 2.75) is 6.04 Å². The van der Waals surface area contributed by atoms with Crippen LogP contribution in [-0.4, -0.2) is 34.7 Å². The molecule has 0 aromatic rings. The second-order valence-electron chi connectivity index (χ2n) is 1.77. The van der Waals surface area contributed by atoms with Gasteiger partial charge in [-0.25, -0.2) is 0 Å². The van der Waals surface area contributed by atoms with Crippen LogP contribution < -0.4 is 5.32 Å². The van der Waals surface area contributed by atoms with E-state index in [1.165, 1.54) is 0 Å². The van der Waals surface area contributed by atoms with Crippen molar-refractivity contribution in [3.63, 3.8) is 0 Å². The van der Waals surface area contributed by atoms with E-state index in [1.54, 1.807) is 0 Å². The number of aliphatic carboxylic acids is 2. The number of carboxylic acid groups (broad SMARTS) is 2. The monoisotopic (exact) mass is 191 g/mol. The average Bonchev–Trinajstić information content (AvgIpc) is 1.96. The van der Waals surface area contributed by atoms with Gasteiger partial charge in [-0.1, -0.05) is 0 Å². The molecule has 0 amide bonds. The van der Waals surface area contributed by atoms with E-state index >= 15 is 0 Å². The molecule has 1 unspecified atom stereocenters. The molecule has 7 heteroatoms. The van der Waals surface area contributed by atoms with Gasteiger partial charge in [-0.2, -0.15) is 0 Å². The third-order valence-electron chi connectivity index (χ3n) is 0.886. The van der Waals surface area contributed by atoms with Crippen molar-refractivity contribution in [1.82, 2.24) is 5.32 Å². The van der Waals surface area contributed by atoms with E-state index in [9.17, 15) is 14.2 Å². The molecule has 0 aliphatic rings. The molecule has 3 N–H and O–H groups in total. The molecule has 0 rings (SSSR count). The summed E-state index contributed by atoms with van der Waals surface area (Å²) in [6.45, 7) is -0.514. The molecule has 0 saturated carbocycles. The molecular formula is C5H6NO5P. The van der Waals surface area contributed by atoms with Gasteiger partial charge in [0.05, 0.1) is 0 Å². The number of rotatable bonds is 4. The van der Waals surface area contributed by atoms with E-state index in [4.69, 9.17) is 10.2 Å². The molecule has 0 aliphatic heterocycles. The normalized spacial score (nSPS) is 11.3. The zero-order valence-electron chi connectivity index (χ0n) is 5.85. The fourth-order valence-corrected chi connectivity index (χ4v) is 0.737. The Balaban J connectivity index is 4.12. The van der Waals surface area contributed by atoms with Crippen LogP contribution in [0, 0.1) is 5.63 Å². The molecule has 1 atom stereocenters. The summed E-state index contributed by atoms with van der Waals surface area (Å²) in [6, 6.07) is -1.32. The summed E-state index contributed by atoms with van der Waals surface area (Å²) in [7, 11) is -0.574. The molecule has 0 spiro atoms. The maximum atomic E-state index is 10.2. The Kier molecular flexibility index (Phi) is 5.04. The fraction of sp³-hybridized carbons (Fsp3) is 0.400. The number of carbonyl (C=O) groups is 2. The van der Waals surface area contributed by atoms with Crippen molar-refractivity contribution in [1.29, 1.82) is 0 Å². The summed E-state index contributed by atoms with van der Waals surface area (Å²) >= 11 is 0. The Morgan fingerprint density at radius 3 is 2.42 bits per heavy atom. The maximum absolute atomic E-state index is 10.2. The topological polar surface area (TPSA) is 104 Å². The first-order valence-corrected chi connectivity index (χ1v) is 3.65. The van der Waals surface area contributed by atoms with Gasteiger partial charge in [0.15, 0.2) is 0 Å². The fourth-order valence-electron chi connectivity index (χ4n) is 0.430. The first kappa shape index (κ1) is 10.9. The van der Waals surface area contributed by atoms with Gasteiger partial charge in [-0.05, 0) is 0 Å². The van der Waals surface area contributed by atoms with Crippen LogP contribution in [0.2, 0.25) is 0 Å². The van der Waals surface area contributed by atoms with Crippen LogP contribution in [0.15, 0.2) is 0 Å². The Hall–Kier alpha value is -1.09. The predicted molar refractivity (Wildman–Crippen MR) is 38.6 cm³/mol. The molecule has 0 bridgehead atoms. The van der Waals surface area contributed by atoms with Crippen molar-refractivity contribution in [3.05, 3.63) is 0 Å². The molecule has 0 radical (unpaired) electrons. The standard InChI is InChI=1S/C5H6NO5P/c7-4(8)1-6-3(2-12-11)5(9)10/h3,6H,1H2,(H,7,8)(H,9,10). The summed E-state index contributed by atoms with van der Waals surface area (Å²) in [5.74, 6) is -2.51. The quantitative estimate of drug-likeness (QED) is 0.511. The van der Waals surface area contributed by atoms with Gasteiger partial charge >= 0.3 is 67.8 Å².